The Hall–Kier alpha value is -3.91. The third-order valence-electron chi connectivity index (χ3n) is 5.58. The molecule has 3 aromatic rings. The van der Waals surface area contributed by atoms with Crippen molar-refractivity contribution >= 4 is 45.5 Å². The Morgan fingerprint density at radius 2 is 1.72 bits per heavy atom. The molecule has 3 aromatic carbocycles. The first-order valence-corrected chi connectivity index (χ1v) is 12.2. The molecule has 184 valence electrons. The lowest BCUT2D eigenvalue weighted by molar-refractivity contribution is -0.122. The van der Waals surface area contributed by atoms with Crippen molar-refractivity contribution in [3.8, 4) is 11.5 Å². The number of ether oxygens (including phenoxy) is 2. The maximum absolute atomic E-state index is 13.3. The normalized spacial score (nSPS) is 14.7. The third-order valence-corrected chi connectivity index (χ3v) is 6.16. The minimum Gasteiger partial charge on any atom is -0.490 e. The number of carbonyl (C=O) groups excluding carboxylic acids is 3. The molecule has 1 heterocycles. The number of hydrogen-bond donors (Lipinski definition) is 1. The van der Waals surface area contributed by atoms with Crippen molar-refractivity contribution < 1.29 is 23.9 Å². The molecule has 1 N–H and O–H groups in total. The molecule has 8 heteroatoms. The molecular formula is C28H25BrN2O5. The van der Waals surface area contributed by atoms with Crippen LogP contribution in [0.15, 0.2) is 70.7 Å². The van der Waals surface area contributed by atoms with Gasteiger partial charge >= 0.3 is 6.03 Å². The van der Waals surface area contributed by atoms with E-state index in [2.05, 4.69) is 21.2 Å². The van der Waals surface area contributed by atoms with Crippen LogP contribution in [0, 0.1) is 13.8 Å². The van der Waals surface area contributed by atoms with E-state index < -0.39 is 17.8 Å². The van der Waals surface area contributed by atoms with Crippen LogP contribution >= 0.6 is 15.9 Å². The molecule has 4 amide bonds. The molecule has 0 aliphatic carbocycles. The molecule has 36 heavy (non-hydrogen) atoms. The molecule has 0 atom stereocenters. The van der Waals surface area contributed by atoms with Gasteiger partial charge in [0, 0.05) is 0 Å². The summed E-state index contributed by atoms with van der Waals surface area (Å²) in [6, 6.07) is 17.8. The van der Waals surface area contributed by atoms with E-state index in [0.29, 0.717) is 40.4 Å². The first-order chi connectivity index (χ1) is 17.3. The number of amides is 4. The van der Waals surface area contributed by atoms with Crippen LogP contribution in [0.4, 0.5) is 10.5 Å². The summed E-state index contributed by atoms with van der Waals surface area (Å²) in [4.78, 5) is 39.6. The number of anilines is 1. The van der Waals surface area contributed by atoms with Crippen LogP contribution in [0.1, 0.15) is 29.2 Å². The van der Waals surface area contributed by atoms with E-state index >= 15 is 0 Å². The van der Waals surface area contributed by atoms with E-state index in [1.54, 1.807) is 25.1 Å². The number of urea groups is 1. The predicted molar refractivity (Wildman–Crippen MR) is 141 cm³/mol. The summed E-state index contributed by atoms with van der Waals surface area (Å²) in [6.45, 7) is 6.25. The number of nitrogens with zero attached hydrogens (tertiary/aromatic N) is 1. The van der Waals surface area contributed by atoms with E-state index in [1.165, 1.54) is 6.08 Å². The second-order valence-electron chi connectivity index (χ2n) is 8.29. The van der Waals surface area contributed by atoms with Crippen LogP contribution in [0.25, 0.3) is 6.08 Å². The second-order valence-corrected chi connectivity index (χ2v) is 9.14. The van der Waals surface area contributed by atoms with Gasteiger partial charge in [0.1, 0.15) is 12.2 Å². The smallest absolute Gasteiger partial charge is 0.335 e. The van der Waals surface area contributed by atoms with Gasteiger partial charge in [0.25, 0.3) is 11.8 Å². The summed E-state index contributed by atoms with van der Waals surface area (Å²) in [5.41, 5.74) is 3.42. The van der Waals surface area contributed by atoms with Gasteiger partial charge in [-0.2, -0.15) is 0 Å². The summed E-state index contributed by atoms with van der Waals surface area (Å²) in [5, 5.41) is 2.27. The summed E-state index contributed by atoms with van der Waals surface area (Å²) in [7, 11) is 0. The summed E-state index contributed by atoms with van der Waals surface area (Å²) in [6.07, 6.45) is 1.44. The highest BCUT2D eigenvalue weighted by Gasteiger charge is 2.37. The van der Waals surface area contributed by atoms with Crippen LogP contribution < -0.4 is 19.7 Å². The highest BCUT2D eigenvalue weighted by molar-refractivity contribution is 9.10. The van der Waals surface area contributed by atoms with Gasteiger partial charge in [0.05, 0.1) is 16.8 Å². The Balaban J connectivity index is 1.69. The molecule has 1 fully saturated rings. The number of carbonyl (C=O) groups is 3. The SMILES string of the molecule is CCOc1cc(/C=C2\C(=O)NC(=O)N(c3cc(C)ccc3C)C2=O)cc(Br)c1OCc1ccccc1. The summed E-state index contributed by atoms with van der Waals surface area (Å²) < 4.78 is 12.4. The molecule has 7 nitrogen and oxygen atoms in total. The van der Waals surface area contributed by atoms with Crippen molar-refractivity contribution in [3.05, 3.63) is 93.0 Å². The van der Waals surface area contributed by atoms with Gasteiger partial charge < -0.3 is 9.47 Å². The number of barbiturate groups is 1. The molecule has 0 radical (unpaired) electrons. The van der Waals surface area contributed by atoms with E-state index in [9.17, 15) is 14.4 Å². The van der Waals surface area contributed by atoms with Crippen molar-refractivity contribution in [2.45, 2.75) is 27.4 Å². The Labute approximate surface area is 217 Å². The number of aryl methyl sites for hydroxylation is 2. The highest BCUT2D eigenvalue weighted by Crippen LogP contribution is 2.38. The number of benzene rings is 3. The molecule has 0 bridgehead atoms. The topological polar surface area (TPSA) is 84.9 Å². The van der Waals surface area contributed by atoms with Gasteiger partial charge in [-0.05, 0) is 83.2 Å². The zero-order chi connectivity index (χ0) is 25.8. The molecule has 0 spiro atoms. The minimum atomic E-state index is -0.781. The first-order valence-electron chi connectivity index (χ1n) is 11.4. The lowest BCUT2D eigenvalue weighted by atomic mass is 10.0. The molecule has 1 aliphatic rings. The van der Waals surface area contributed by atoms with E-state index in [-0.39, 0.29) is 5.57 Å². The Kier molecular flexibility index (Phi) is 7.55. The fourth-order valence-corrected chi connectivity index (χ4v) is 4.38. The molecule has 0 unspecified atom stereocenters. The number of hydrogen-bond acceptors (Lipinski definition) is 5. The maximum Gasteiger partial charge on any atom is 0.335 e. The maximum atomic E-state index is 13.3. The van der Waals surface area contributed by atoms with Gasteiger partial charge in [-0.1, -0.05) is 42.5 Å². The van der Waals surface area contributed by atoms with E-state index in [0.717, 1.165) is 21.6 Å². The minimum absolute atomic E-state index is 0.164. The molecule has 1 saturated heterocycles. The zero-order valence-corrected chi connectivity index (χ0v) is 21.7. The molecular weight excluding hydrogens is 524 g/mol. The van der Waals surface area contributed by atoms with Crippen LogP contribution in [-0.2, 0) is 16.2 Å². The Bertz CT molecular complexity index is 1370. The van der Waals surface area contributed by atoms with Crippen LogP contribution in [0.2, 0.25) is 0 Å². The van der Waals surface area contributed by atoms with Crippen molar-refractivity contribution in [2.75, 3.05) is 11.5 Å². The number of imide groups is 2. The van der Waals surface area contributed by atoms with Crippen LogP contribution in [-0.4, -0.2) is 24.5 Å². The molecule has 0 saturated carbocycles. The first kappa shape index (κ1) is 25.2. The van der Waals surface area contributed by atoms with E-state index in [1.807, 2.05) is 56.3 Å². The molecule has 4 rings (SSSR count). The van der Waals surface area contributed by atoms with Gasteiger partial charge in [-0.25, -0.2) is 9.69 Å². The lowest BCUT2D eigenvalue weighted by Crippen LogP contribution is -2.54. The zero-order valence-electron chi connectivity index (χ0n) is 20.1. The van der Waals surface area contributed by atoms with Gasteiger partial charge in [-0.15, -0.1) is 0 Å². The summed E-state index contributed by atoms with van der Waals surface area (Å²) >= 11 is 3.53. The lowest BCUT2D eigenvalue weighted by Gasteiger charge is -2.28. The Morgan fingerprint density at radius 3 is 2.44 bits per heavy atom. The average Bonchev–Trinajstić information content (AvgIpc) is 2.84. The largest absolute Gasteiger partial charge is 0.490 e. The fourth-order valence-electron chi connectivity index (χ4n) is 3.81. The Morgan fingerprint density at radius 1 is 0.972 bits per heavy atom. The van der Waals surface area contributed by atoms with E-state index in [4.69, 9.17) is 9.47 Å². The van der Waals surface area contributed by atoms with Crippen molar-refractivity contribution in [3.63, 3.8) is 0 Å². The van der Waals surface area contributed by atoms with Crippen LogP contribution in [0.5, 0.6) is 11.5 Å². The quantitative estimate of drug-likeness (QED) is 0.302. The monoisotopic (exact) mass is 548 g/mol. The van der Waals surface area contributed by atoms with Crippen molar-refractivity contribution in [2.24, 2.45) is 0 Å². The third kappa shape index (κ3) is 5.33. The van der Waals surface area contributed by atoms with Gasteiger partial charge in [0.15, 0.2) is 11.5 Å². The second kappa shape index (κ2) is 10.8. The van der Waals surface area contributed by atoms with Crippen LogP contribution in [0.3, 0.4) is 0 Å². The fraction of sp³-hybridized carbons (Fsp3) is 0.179. The summed E-state index contributed by atoms with van der Waals surface area (Å²) in [5.74, 6) is -0.490. The molecule has 0 aromatic heterocycles. The standard InChI is InChI=1S/C28H25BrN2O5/c1-4-35-24-15-20(14-22(29)25(24)36-16-19-8-6-5-7-9-19)13-21-26(32)30-28(34)31(27(21)33)23-12-17(2)10-11-18(23)3/h5-15H,4,16H2,1-3H3,(H,30,32,34)/b21-13+. The highest BCUT2D eigenvalue weighted by atomic mass is 79.9. The average molecular weight is 549 g/mol. The predicted octanol–water partition coefficient (Wildman–Crippen LogP) is 5.71. The number of halogens is 1. The van der Waals surface area contributed by atoms with Crippen molar-refractivity contribution in [1.29, 1.82) is 0 Å². The number of nitrogens with one attached hydrogen (secondary N) is 1. The molecule has 1 aliphatic heterocycles. The number of rotatable bonds is 7. The van der Waals surface area contributed by atoms with Gasteiger partial charge in [0.2, 0.25) is 0 Å². The van der Waals surface area contributed by atoms with Crippen molar-refractivity contribution in [1.82, 2.24) is 5.32 Å². The van der Waals surface area contributed by atoms with Gasteiger partial charge in [-0.3, -0.25) is 14.9 Å².